The standard InChI is InChI=1S/C13H13Cl2N3S/c14-10-2-1-9(5-11(10)15)17-13-18-12(7-19-13)8-3-4-16-6-8/h1-2,5,7-8,16H,3-4,6H2,(H,17,18). The molecule has 100 valence electrons. The Kier molecular flexibility index (Phi) is 3.93. The first-order valence-electron chi connectivity index (χ1n) is 6.10. The molecule has 2 heterocycles. The van der Waals surface area contributed by atoms with Crippen molar-refractivity contribution in [2.75, 3.05) is 18.4 Å². The van der Waals surface area contributed by atoms with Crippen LogP contribution < -0.4 is 10.6 Å². The maximum absolute atomic E-state index is 5.99. The smallest absolute Gasteiger partial charge is 0.187 e. The van der Waals surface area contributed by atoms with E-state index in [1.54, 1.807) is 17.4 Å². The van der Waals surface area contributed by atoms with Gasteiger partial charge in [0, 0.05) is 23.5 Å². The number of benzene rings is 1. The normalized spacial score (nSPS) is 18.7. The summed E-state index contributed by atoms with van der Waals surface area (Å²) in [5.41, 5.74) is 2.07. The van der Waals surface area contributed by atoms with E-state index in [1.165, 1.54) is 0 Å². The second-order valence-corrected chi connectivity index (χ2v) is 6.19. The molecular weight excluding hydrogens is 301 g/mol. The second kappa shape index (κ2) is 5.67. The molecule has 19 heavy (non-hydrogen) atoms. The number of thiazole rings is 1. The molecule has 1 unspecified atom stereocenters. The van der Waals surface area contributed by atoms with Crippen molar-refractivity contribution >= 4 is 45.4 Å². The van der Waals surface area contributed by atoms with Gasteiger partial charge in [0.15, 0.2) is 5.13 Å². The number of hydrogen-bond acceptors (Lipinski definition) is 4. The molecule has 2 N–H and O–H groups in total. The van der Waals surface area contributed by atoms with Crippen molar-refractivity contribution in [2.45, 2.75) is 12.3 Å². The molecule has 0 amide bonds. The minimum absolute atomic E-state index is 0.542. The van der Waals surface area contributed by atoms with Gasteiger partial charge in [-0.05, 0) is 31.2 Å². The van der Waals surface area contributed by atoms with Crippen LogP contribution >= 0.6 is 34.5 Å². The summed E-state index contributed by atoms with van der Waals surface area (Å²) in [6.45, 7) is 2.10. The molecule has 0 spiro atoms. The summed E-state index contributed by atoms with van der Waals surface area (Å²) < 4.78 is 0. The van der Waals surface area contributed by atoms with Crippen LogP contribution in [0.15, 0.2) is 23.6 Å². The van der Waals surface area contributed by atoms with Gasteiger partial charge >= 0.3 is 0 Å². The lowest BCUT2D eigenvalue weighted by Gasteiger charge is -2.05. The lowest BCUT2D eigenvalue weighted by molar-refractivity contribution is 0.742. The summed E-state index contributed by atoms with van der Waals surface area (Å²) in [7, 11) is 0. The zero-order valence-electron chi connectivity index (χ0n) is 10.1. The second-order valence-electron chi connectivity index (χ2n) is 4.52. The van der Waals surface area contributed by atoms with Gasteiger partial charge in [0.25, 0.3) is 0 Å². The molecule has 1 aliphatic heterocycles. The Bertz CT molecular complexity index is 579. The quantitative estimate of drug-likeness (QED) is 0.888. The van der Waals surface area contributed by atoms with E-state index >= 15 is 0 Å². The van der Waals surface area contributed by atoms with Crippen LogP contribution in [0.25, 0.3) is 0 Å². The zero-order chi connectivity index (χ0) is 13.2. The molecule has 3 nitrogen and oxygen atoms in total. The molecule has 2 aromatic rings. The van der Waals surface area contributed by atoms with Gasteiger partial charge < -0.3 is 10.6 Å². The van der Waals surface area contributed by atoms with Crippen LogP contribution in [0.5, 0.6) is 0 Å². The highest BCUT2D eigenvalue weighted by atomic mass is 35.5. The Labute approximate surface area is 126 Å². The Morgan fingerprint density at radius 3 is 2.95 bits per heavy atom. The van der Waals surface area contributed by atoms with Crippen LogP contribution in [0.2, 0.25) is 10.0 Å². The van der Waals surface area contributed by atoms with E-state index in [1.807, 2.05) is 12.1 Å². The summed E-state index contributed by atoms with van der Waals surface area (Å²) in [6.07, 6.45) is 1.16. The molecule has 1 saturated heterocycles. The summed E-state index contributed by atoms with van der Waals surface area (Å²) in [5.74, 6) is 0.542. The zero-order valence-corrected chi connectivity index (χ0v) is 12.4. The molecule has 1 aliphatic rings. The van der Waals surface area contributed by atoms with Crippen LogP contribution in [0, 0.1) is 0 Å². The van der Waals surface area contributed by atoms with Crippen molar-refractivity contribution < 1.29 is 0 Å². The summed E-state index contributed by atoms with van der Waals surface area (Å²) in [4.78, 5) is 4.63. The van der Waals surface area contributed by atoms with E-state index in [9.17, 15) is 0 Å². The molecule has 1 fully saturated rings. The molecule has 0 aliphatic carbocycles. The van der Waals surface area contributed by atoms with Crippen molar-refractivity contribution in [1.29, 1.82) is 0 Å². The van der Waals surface area contributed by atoms with E-state index in [0.29, 0.717) is 16.0 Å². The Hall–Kier alpha value is -0.810. The third-order valence-corrected chi connectivity index (χ3v) is 4.69. The Morgan fingerprint density at radius 1 is 1.32 bits per heavy atom. The highest BCUT2D eigenvalue weighted by molar-refractivity contribution is 7.13. The fourth-order valence-corrected chi connectivity index (χ4v) is 3.25. The van der Waals surface area contributed by atoms with Crippen molar-refractivity contribution in [1.82, 2.24) is 10.3 Å². The predicted molar refractivity (Wildman–Crippen MR) is 82.1 cm³/mol. The van der Waals surface area contributed by atoms with Crippen molar-refractivity contribution in [3.05, 3.63) is 39.3 Å². The molecule has 3 rings (SSSR count). The van der Waals surface area contributed by atoms with E-state index < -0.39 is 0 Å². The largest absolute Gasteiger partial charge is 0.331 e. The van der Waals surface area contributed by atoms with Crippen LogP contribution in [-0.2, 0) is 0 Å². The molecule has 0 radical (unpaired) electrons. The third kappa shape index (κ3) is 3.03. The molecule has 6 heteroatoms. The van der Waals surface area contributed by atoms with Gasteiger partial charge in [0.05, 0.1) is 15.7 Å². The van der Waals surface area contributed by atoms with Gasteiger partial charge in [-0.3, -0.25) is 0 Å². The minimum Gasteiger partial charge on any atom is -0.331 e. The first-order valence-corrected chi connectivity index (χ1v) is 7.74. The molecule has 1 aromatic carbocycles. The number of nitrogens with one attached hydrogen (secondary N) is 2. The van der Waals surface area contributed by atoms with Gasteiger partial charge in [-0.1, -0.05) is 23.2 Å². The summed E-state index contributed by atoms with van der Waals surface area (Å²) in [5, 5.41) is 10.7. The highest BCUT2D eigenvalue weighted by Crippen LogP contribution is 2.30. The van der Waals surface area contributed by atoms with E-state index in [2.05, 4.69) is 21.0 Å². The van der Waals surface area contributed by atoms with Crippen LogP contribution in [0.3, 0.4) is 0 Å². The molecule has 0 saturated carbocycles. The fourth-order valence-electron chi connectivity index (χ4n) is 2.14. The van der Waals surface area contributed by atoms with Gasteiger partial charge in [-0.25, -0.2) is 4.98 Å². The first kappa shape index (κ1) is 13.2. The highest BCUT2D eigenvalue weighted by Gasteiger charge is 2.19. The average Bonchev–Trinajstić information content (AvgIpc) is 3.04. The van der Waals surface area contributed by atoms with Crippen molar-refractivity contribution in [2.24, 2.45) is 0 Å². The van der Waals surface area contributed by atoms with Gasteiger partial charge in [0.2, 0.25) is 0 Å². The fraction of sp³-hybridized carbons (Fsp3) is 0.308. The molecule has 1 aromatic heterocycles. The van der Waals surface area contributed by atoms with Gasteiger partial charge in [0.1, 0.15) is 0 Å². The topological polar surface area (TPSA) is 37.0 Å². The number of hydrogen-bond donors (Lipinski definition) is 2. The number of aromatic nitrogens is 1. The van der Waals surface area contributed by atoms with E-state index in [-0.39, 0.29) is 0 Å². The molecular formula is C13H13Cl2N3S. The maximum Gasteiger partial charge on any atom is 0.187 e. The number of rotatable bonds is 3. The van der Waals surface area contributed by atoms with Crippen LogP contribution in [0.4, 0.5) is 10.8 Å². The SMILES string of the molecule is Clc1ccc(Nc2nc(C3CCNC3)cs2)cc1Cl. The van der Waals surface area contributed by atoms with Crippen molar-refractivity contribution in [3.8, 4) is 0 Å². The van der Waals surface area contributed by atoms with Crippen LogP contribution in [-0.4, -0.2) is 18.1 Å². The van der Waals surface area contributed by atoms with E-state index in [0.717, 1.165) is 36.0 Å². The maximum atomic E-state index is 5.99. The van der Waals surface area contributed by atoms with Crippen molar-refractivity contribution in [3.63, 3.8) is 0 Å². The lowest BCUT2D eigenvalue weighted by Crippen LogP contribution is -2.08. The summed E-state index contributed by atoms with van der Waals surface area (Å²) in [6, 6.07) is 5.48. The average molecular weight is 314 g/mol. The van der Waals surface area contributed by atoms with E-state index in [4.69, 9.17) is 23.2 Å². The number of halogens is 2. The van der Waals surface area contributed by atoms with Crippen LogP contribution in [0.1, 0.15) is 18.0 Å². The third-order valence-electron chi connectivity index (χ3n) is 3.17. The number of nitrogens with zero attached hydrogens (tertiary/aromatic N) is 1. The molecule has 1 atom stereocenters. The lowest BCUT2D eigenvalue weighted by atomic mass is 10.1. The Morgan fingerprint density at radius 2 is 2.21 bits per heavy atom. The summed E-state index contributed by atoms with van der Waals surface area (Å²) >= 11 is 13.5. The minimum atomic E-state index is 0.542. The Balaban J connectivity index is 1.74. The predicted octanol–water partition coefficient (Wildman–Crippen LogP) is 4.27. The van der Waals surface area contributed by atoms with Gasteiger partial charge in [-0.2, -0.15) is 0 Å². The van der Waals surface area contributed by atoms with Gasteiger partial charge in [-0.15, -0.1) is 11.3 Å². The number of anilines is 2. The monoisotopic (exact) mass is 313 g/mol. The first-order chi connectivity index (χ1) is 9.22. The molecule has 0 bridgehead atoms.